The summed E-state index contributed by atoms with van der Waals surface area (Å²) >= 11 is 0. The van der Waals surface area contributed by atoms with E-state index in [1.165, 1.54) is 17.2 Å². The largest absolute Gasteiger partial charge is 0.273 e. The number of imidazole rings is 1. The molecule has 0 amide bonds. The molecule has 6 nitrogen and oxygen atoms in total. The minimum atomic E-state index is 0.0936. The van der Waals surface area contributed by atoms with Crippen LogP contribution in [0.4, 0.5) is 0 Å². The van der Waals surface area contributed by atoms with E-state index in [0.717, 1.165) is 0 Å². The lowest BCUT2D eigenvalue weighted by atomic mass is 10.3. The van der Waals surface area contributed by atoms with Crippen molar-refractivity contribution in [2.45, 2.75) is 0 Å². The molecule has 0 aromatic carbocycles. The molecule has 15 heavy (non-hydrogen) atoms. The van der Waals surface area contributed by atoms with Crippen molar-refractivity contribution in [3.8, 4) is 18.0 Å². The van der Waals surface area contributed by atoms with Crippen molar-refractivity contribution >= 4 is 0 Å². The average molecular weight is 196 g/mol. The van der Waals surface area contributed by atoms with E-state index in [-0.39, 0.29) is 11.4 Å². The minimum Gasteiger partial charge on any atom is -0.273 e. The van der Waals surface area contributed by atoms with E-state index in [0.29, 0.717) is 5.82 Å². The molecule has 0 atom stereocenters. The van der Waals surface area contributed by atoms with Crippen LogP contribution in [0.25, 0.3) is 5.82 Å². The summed E-state index contributed by atoms with van der Waals surface area (Å²) in [5, 5.41) is 17.6. The molecule has 2 rings (SSSR count). The number of aromatic nitrogens is 4. The molecule has 0 unspecified atom stereocenters. The Hall–Kier alpha value is -2.73. The fraction of sp³-hybridized carbons (Fsp3) is 0. The van der Waals surface area contributed by atoms with Crippen molar-refractivity contribution in [3.05, 3.63) is 36.3 Å². The molecule has 0 saturated carbocycles. The Balaban J connectivity index is 2.62. The third-order valence-electron chi connectivity index (χ3n) is 1.79. The Morgan fingerprint density at radius 3 is 2.67 bits per heavy atom. The molecule has 0 saturated heterocycles. The van der Waals surface area contributed by atoms with Crippen LogP contribution < -0.4 is 0 Å². The van der Waals surface area contributed by atoms with E-state index in [2.05, 4.69) is 15.0 Å². The molecule has 2 aromatic heterocycles. The zero-order valence-corrected chi connectivity index (χ0v) is 7.49. The number of nitrogens with zero attached hydrogens (tertiary/aromatic N) is 6. The number of rotatable bonds is 1. The number of hydrogen-bond donors (Lipinski definition) is 0. The molecule has 0 fully saturated rings. The highest BCUT2D eigenvalue weighted by atomic mass is 15.1. The lowest BCUT2D eigenvalue weighted by Gasteiger charge is -1.99. The smallest absolute Gasteiger partial charge is 0.177 e. The number of nitriles is 2. The van der Waals surface area contributed by atoms with Gasteiger partial charge < -0.3 is 0 Å². The summed E-state index contributed by atoms with van der Waals surface area (Å²) in [5.74, 6) is 0.510. The van der Waals surface area contributed by atoms with Gasteiger partial charge in [-0.25, -0.2) is 15.0 Å². The monoisotopic (exact) mass is 196 g/mol. The van der Waals surface area contributed by atoms with Gasteiger partial charge in [-0.15, -0.1) is 0 Å². The Labute approximate surface area is 85.1 Å². The lowest BCUT2D eigenvalue weighted by Crippen LogP contribution is -1.99. The molecule has 0 spiro atoms. The van der Waals surface area contributed by atoms with Crippen molar-refractivity contribution in [2.75, 3.05) is 0 Å². The predicted octanol–water partition coefficient (Wildman–Crippen LogP) is 0.406. The highest BCUT2D eigenvalue weighted by Gasteiger charge is 2.11. The van der Waals surface area contributed by atoms with Crippen LogP contribution in [0.15, 0.2) is 24.9 Å². The van der Waals surface area contributed by atoms with Crippen LogP contribution in [0.1, 0.15) is 11.4 Å². The lowest BCUT2D eigenvalue weighted by molar-refractivity contribution is 0.956. The maximum atomic E-state index is 8.88. The van der Waals surface area contributed by atoms with Gasteiger partial charge in [-0.2, -0.15) is 10.5 Å². The molecule has 2 aromatic rings. The first-order valence-corrected chi connectivity index (χ1v) is 4.00. The van der Waals surface area contributed by atoms with Crippen LogP contribution in [0.3, 0.4) is 0 Å². The van der Waals surface area contributed by atoms with Crippen molar-refractivity contribution in [2.24, 2.45) is 0 Å². The first-order valence-electron chi connectivity index (χ1n) is 4.00. The summed E-state index contributed by atoms with van der Waals surface area (Å²) in [6.45, 7) is 0. The molecular weight excluding hydrogens is 192 g/mol. The molecule has 70 valence electrons. The summed E-state index contributed by atoms with van der Waals surface area (Å²) in [6, 6.07) is 5.38. The highest BCUT2D eigenvalue weighted by Crippen LogP contribution is 2.10. The van der Waals surface area contributed by atoms with Gasteiger partial charge in [0.2, 0.25) is 0 Å². The Bertz CT molecular complexity index is 557. The first-order chi connectivity index (χ1) is 7.36. The Morgan fingerprint density at radius 1 is 1.20 bits per heavy atom. The second-order valence-corrected chi connectivity index (χ2v) is 2.60. The molecule has 0 aliphatic heterocycles. The van der Waals surface area contributed by atoms with Crippen molar-refractivity contribution in [3.63, 3.8) is 0 Å². The molecule has 2 heterocycles. The summed E-state index contributed by atoms with van der Waals surface area (Å²) in [4.78, 5) is 11.5. The molecule has 0 bridgehead atoms. The van der Waals surface area contributed by atoms with E-state index in [9.17, 15) is 0 Å². The van der Waals surface area contributed by atoms with Crippen LogP contribution in [-0.2, 0) is 0 Å². The van der Waals surface area contributed by atoms with E-state index >= 15 is 0 Å². The van der Waals surface area contributed by atoms with Gasteiger partial charge in [0.15, 0.2) is 11.4 Å². The van der Waals surface area contributed by atoms with Gasteiger partial charge in [-0.05, 0) is 6.07 Å². The van der Waals surface area contributed by atoms with Gasteiger partial charge in [-0.3, -0.25) is 4.57 Å². The van der Waals surface area contributed by atoms with E-state index in [1.54, 1.807) is 12.3 Å². The molecule has 6 heteroatoms. The molecule has 0 aliphatic carbocycles. The Morgan fingerprint density at radius 2 is 2.07 bits per heavy atom. The molecular formula is C9H4N6. The number of hydrogen-bond acceptors (Lipinski definition) is 5. The zero-order valence-electron chi connectivity index (χ0n) is 7.49. The third-order valence-corrected chi connectivity index (χ3v) is 1.79. The van der Waals surface area contributed by atoms with Crippen LogP contribution in [0.2, 0.25) is 0 Å². The summed E-state index contributed by atoms with van der Waals surface area (Å²) in [5.41, 5.74) is 0.271. The molecule has 0 radical (unpaired) electrons. The summed E-state index contributed by atoms with van der Waals surface area (Å²) in [6.07, 6.45) is 4.30. The molecule has 0 N–H and O–H groups in total. The van der Waals surface area contributed by atoms with Crippen LogP contribution >= 0.6 is 0 Å². The SMILES string of the molecule is N#Cc1ncn(-c2ccncn2)c1C#N. The second kappa shape index (κ2) is 3.56. The maximum absolute atomic E-state index is 8.88. The fourth-order valence-electron chi connectivity index (χ4n) is 1.14. The normalized spacial score (nSPS) is 9.20. The van der Waals surface area contributed by atoms with Crippen molar-refractivity contribution in [1.29, 1.82) is 10.5 Å². The van der Waals surface area contributed by atoms with Crippen molar-refractivity contribution < 1.29 is 0 Å². The van der Waals surface area contributed by atoms with Crippen LogP contribution in [0.5, 0.6) is 0 Å². The minimum absolute atomic E-state index is 0.0936. The standard InChI is InChI=1S/C9H4N6/c10-3-7-8(4-11)15(6-14-7)9-1-2-12-5-13-9/h1-2,5-6H. The fourth-order valence-corrected chi connectivity index (χ4v) is 1.14. The van der Waals surface area contributed by atoms with Gasteiger partial charge in [0.1, 0.15) is 30.6 Å². The first kappa shape index (κ1) is 8.85. The summed E-state index contributed by atoms with van der Waals surface area (Å²) < 4.78 is 1.44. The highest BCUT2D eigenvalue weighted by molar-refractivity contribution is 5.41. The van der Waals surface area contributed by atoms with E-state index in [1.807, 2.05) is 12.1 Å². The zero-order chi connectivity index (χ0) is 10.7. The molecule has 0 aliphatic rings. The Kier molecular flexibility index (Phi) is 2.10. The van der Waals surface area contributed by atoms with Crippen LogP contribution in [0, 0.1) is 22.7 Å². The van der Waals surface area contributed by atoms with Crippen LogP contribution in [-0.4, -0.2) is 19.5 Å². The van der Waals surface area contributed by atoms with Gasteiger partial charge in [0.25, 0.3) is 0 Å². The second-order valence-electron chi connectivity index (χ2n) is 2.60. The summed E-state index contributed by atoms with van der Waals surface area (Å²) in [7, 11) is 0. The van der Waals surface area contributed by atoms with Gasteiger partial charge in [0, 0.05) is 6.20 Å². The van der Waals surface area contributed by atoms with Gasteiger partial charge in [-0.1, -0.05) is 0 Å². The van der Waals surface area contributed by atoms with Gasteiger partial charge in [0.05, 0.1) is 0 Å². The van der Waals surface area contributed by atoms with Gasteiger partial charge >= 0.3 is 0 Å². The average Bonchev–Trinajstić information content (AvgIpc) is 2.72. The van der Waals surface area contributed by atoms with E-state index in [4.69, 9.17) is 10.5 Å². The van der Waals surface area contributed by atoms with E-state index < -0.39 is 0 Å². The predicted molar refractivity (Wildman–Crippen MR) is 48.6 cm³/mol. The van der Waals surface area contributed by atoms with Crippen molar-refractivity contribution in [1.82, 2.24) is 19.5 Å². The quantitative estimate of drug-likeness (QED) is 0.658. The maximum Gasteiger partial charge on any atom is 0.177 e. The third kappa shape index (κ3) is 1.40. The topological polar surface area (TPSA) is 91.2 Å².